The minimum atomic E-state index is -0.180. The number of nitrogens with one attached hydrogen (secondary N) is 2. The number of hydrogen-bond donors (Lipinski definition) is 2. The Balaban J connectivity index is 1.63. The Morgan fingerprint density at radius 2 is 0.600 bits per heavy atom. The molecule has 1 heterocycles. The van der Waals surface area contributed by atoms with Crippen molar-refractivity contribution in [3.05, 3.63) is 0 Å². The lowest BCUT2D eigenvalue weighted by Gasteiger charge is -2.32. The van der Waals surface area contributed by atoms with Crippen LogP contribution in [0.3, 0.4) is 0 Å². The minimum absolute atomic E-state index is 0.110. The summed E-state index contributed by atoms with van der Waals surface area (Å²) in [7, 11) is 0. The maximum atomic E-state index is 12.4. The molecule has 1 rings (SSSR count). The summed E-state index contributed by atoms with van der Waals surface area (Å²) in [6.07, 6.45) is 1.80. The summed E-state index contributed by atoms with van der Waals surface area (Å²) in [6.45, 7) is 31.8. The van der Waals surface area contributed by atoms with Crippen molar-refractivity contribution in [2.75, 3.05) is 224 Å². The summed E-state index contributed by atoms with van der Waals surface area (Å²) in [5.41, 5.74) is -0.0697. The van der Waals surface area contributed by atoms with Crippen LogP contribution < -0.4 is 10.6 Å². The molecule has 0 saturated carbocycles. The summed E-state index contributed by atoms with van der Waals surface area (Å²) in [6, 6.07) is 0. The molecule has 19 nitrogen and oxygen atoms in total. The van der Waals surface area contributed by atoms with Crippen molar-refractivity contribution in [2.24, 2.45) is 5.92 Å². The molecule has 0 unspecified atom stereocenters. The summed E-state index contributed by atoms with van der Waals surface area (Å²) < 4.78 is 83.0. The second kappa shape index (κ2) is 45.2. The molecular weight excluding hydrogens is 851 g/mol. The SMILES string of the molecule is CC(C)(C)NCCOCCOCCOCCOCCOCCOCCOCCOCCOCCOCCOCCOCCOCCOCCOCCN1CCC(C(=O)NC(C)(C)C)CC1. The van der Waals surface area contributed by atoms with Crippen LogP contribution in [0.15, 0.2) is 0 Å². The highest BCUT2D eigenvalue weighted by atomic mass is 16.6. The van der Waals surface area contributed by atoms with Crippen molar-refractivity contribution in [1.82, 2.24) is 15.5 Å². The van der Waals surface area contributed by atoms with E-state index in [1.54, 1.807) is 0 Å². The van der Waals surface area contributed by atoms with Gasteiger partial charge in [0.1, 0.15) is 0 Å². The van der Waals surface area contributed by atoms with Crippen LogP contribution in [0.4, 0.5) is 0 Å². The van der Waals surface area contributed by atoms with Gasteiger partial charge in [-0.1, -0.05) is 0 Å². The molecule has 0 aliphatic carbocycles. The molecule has 1 aliphatic rings. The van der Waals surface area contributed by atoms with Gasteiger partial charge in [-0.15, -0.1) is 0 Å². The molecule has 388 valence electrons. The van der Waals surface area contributed by atoms with Gasteiger partial charge in [-0.2, -0.15) is 0 Å². The van der Waals surface area contributed by atoms with Crippen LogP contribution in [-0.2, 0) is 75.8 Å². The Morgan fingerprint density at radius 1 is 0.369 bits per heavy atom. The molecule has 0 radical (unpaired) electrons. The minimum Gasteiger partial charge on any atom is -0.378 e. The molecule has 2 N–H and O–H groups in total. The quantitative estimate of drug-likeness (QED) is 0.0847. The fraction of sp³-hybridized carbons (Fsp3) is 0.978. The molecule has 0 aromatic carbocycles. The van der Waals surface area contributed by atoms with Crippen LogP contribution in [0, 0.1) is 5.92 Å². The Hall–Kier alpha value is -1.21. The van der Waals surface area contributed by atoms with E-state index in [9.17, 15) is 4.79 Å². The summed E-state index contributed by atoms with van der Waals surface area (Å²) in [4.78, 5) is 14.7. The molecule has 1 saturated heterocycles. The normalized spacial score (nSPS) is 14.2. The van der Waals surface area contributed by atoms with Gasteiger partial charge >= 0.3 is 0 Å². The lowest BCUT2D eigenvalue weighted by Crippen LogP contribution is -2.47. The monoisotopic (exact) mass is 944 g/mol. The van der Waals surface area contributed by atoms with Gasteiger partial charge in [-0.3, -0.25) is 4.79 Å². The van der Waals surface area contributed by atoms with Gasteiger partial charge in [0.25, 0.3) is 0 Å². The highest BCUT2D eigenvalue weighted by Crippen LogP contribution is 2.18. The van der Waals surface area contributed by atoms with Gasteiger partial charge in [0.15, 0.2) is 0 Å². The standard InChI is InChI=1S/C46H93N3O16/c1-45(2,3)47-9-13-51-15-17-53-19-21-55-23-25-57-27-29-59-31-33-61-35-37-63-39-41-65-42-40-64-38-36-62-34-32-60-30-28-58-26-24-56-22-20-54-18-16-52-14-12-49-10-7-43(8-11-49)44(50)48-46(4,5)6/h43,47H,7-42H2,1-6H3,(H,48,50). The molecule has 0 aromatic heterocycles. The molecule has 0 atom stereocenters. The van der Waals surface area contributed by atoms with E-state index in [0.717, 1.165) is 39.0 Å². The van der Waals surface area contributed by atoms with E-state index in [4.69, 9.17) is 71.1 Å². The number of likely N-dealkylation sites (tertiary alicyclic amines) is 1. The first-order valence-electron chi connectivity index (χ1n) is 24.0. The van der Waals surface area contributed by atoms with E-state index < -0.39 is 0 Å². The second-order valence-corrected chi connectivity index (χ2v) is 17.2. The van der Waals surface area contributed by atoms with Crippen molar-refractivity contribution in [3.8, 4) is 0 Å². The fourth-order valence-electron chi connectivity index (χ4n) is 5.76. The lowest BCUT2D eigenvalue weighted by molar-refractivity contribution is -0.128. The number of carbonyl (C=O) groups excluding carboxylic acids is 1. The molecule has 1 aliphatic heterocycles. The van der Waals surface area contributed by atoms with Crippen molar-refractivity contribution < 1.29 is 75.8 Å². The number of nitrogens with zero attached hydrogens (tertiary/aromatic N) is 1. The largest absolute Gasteiger partial charge is 0.378 e. The van der Waals surface area contributed by atoms with E-state index in [1.165, 1.54) is 0 Å². The van der Waals surface area contributed by atoms with E-state index in [0.29, 0.717) is 198 Å². The highest BCUT2D eigenvalue weighted by Gasteiger charge is 2.27. The first kappa shape index (κ1) is 61.8. The van der Waals surface area contributed by atoms with Crippen LogP contribution in [0.1, 0.15) is 54.4 Å². The highest BCUT2D eigenvalue weighted by molar-refractivity contribution is 5.79. The second-order valence-electron chi connectivity index (χ2n) is 17.2. The third kappa shape index (κ3) is 47.6. The van der Waals surface area contributed by atoms with Crippen molar-refractivity contribution in [1.29, 1.82) is 0 Å². The maximum absolute atomic E-state index is 12.4. The summed E-state index contributed by atoms with van der Waals surface area (Å²) in [5.74, 6) is 0.289. The number of amides is 1. The van der Waals surface area contributed by atoms with Gasteiger partial charge in [-0.05, 0) is 67.5 Å². The number of ether oxygens (including phenoxy) is 15. The summed E-state index contributed by atoms with van der Waals surface area (Å²) in [5, 5.41) is 6.47. The van der Waals surface area contributed by atoms with Gasteiger partial charge in [0.05, 0.1) is 198 Å². The molecule has 0 bridgehead atoms. The summed E-state index contributed by atoms with van der Waals surface area (Å²) >= 11 is 0. The van der Waals surface area contributed by atoms with Crippen molar-refractivity contribution in [3.63, 3.8) is 0 Å². The Morgan fingerprint density at radius 3 is 0.831 bits per heavy atom. The molecule has 1 amide bonds. The van der Waals surface area contributed by atoms with Gasteiger partial charge < -0.3 is 86.6 Å². The fourth-order valence-corrected chi connectivity index (χ4v) is 5.76. The molecular formula is C46H93N3O16. The molecule has 65 heavy (non-hydrogen) atoms. The van der Waals surface area contributed by atoms with Crippen LogP contribution in [-0.4, -0.2) is 246 Å². The smallest absolute Gasteiger partial charge is 0.223 e. The predicted octanol–water partition coefficient (Wildman–Crippen LogP) is 2.25. The van der Waals surface area contributed by atoms with E-state index in [2.05, 4.69) is 36.3 Å². The topological polar surface area (TPSA) is 183 Å². The Kier molecular flexibility index (Phi) is 43.0. The van der Waals surface area contributed by atoms with Gasteiger partial charge in [0, 0.05) is 30.1 Å². The zero-order valence-electron chi connectivity index (χ0n) is 41.5. The molecule has 19 heteroatoms. The third-order valence-corrected chi connectivity index (χ3v) is 9.12. The van der Waals surface area contributed by atoms with Gasteiger partial charge in [-0.25, -0.2) is 0 Å². The molecule has 1 fully saturated rings. The Labute approximate surface area is 392 Å². The lowest BCUT2D eigenvalue weighted by atomic mass is 9.94. The third-order valence-electron chi connectivity index (χ3n) is 9.12. The van der Waals surface area contributed by atoms with Crippen LogP contribution >= 0.6 is 0 Å². The molecule has 0 spiro atoms. The van der Waals surface area contributed by atoms with Crippen molar-refractivity contribution >= 4 is 5.91 Å². The van der Waals surface area contributed by atoms with Crippen LogP contribution in [0.25, 0.3) is 0 Å². The first-order valence-corrected chi connectivity index (χ1v) is 24.0. The number of rotatable bonds is 49. The zero-order valence-corrected chi connectivity index (χ0v) is 41.5. The first-order chi connectivity index (χ1) is 31.6. The Bertz CT molecular complexity index is 1000. The van der Waals surface area contributed by atoms with Gasteiger partial charge in [0.2, 0.25) is 5.91 Å². The number of carbonyl (C=O) groups is 1. The van der Waals surface area contributed by atoms with E-state index in [-0.39, 0.29) is 22.9 Å². The number of hydrogen-bond acceptors (Lipinski definition) is 18. The maximum Gasteiger partial charge on any atom is 0.223 e. The average molecular weight is 944 g/mol. The zero-order chi connectivity index (χ0) is 47.2. The van der Waals surface area contributed by atoms with Crippen molar-refractivity contribution in [2.45, 2.75) is 65.5 Å². The van der Waals surface area contributed by atoms with E-state index in [1.807, 2.05) is 20.8 Å². The molecule has 0 aromatic rings. The van der Waals surface area contributed by atoms with Crippen LogP contribution in [0.2, 0.25) is 0 Å². The van der Waals surface area contributed by atoms with E-state index >= 15 is 0 Å². The average Bonchev–Trinajstić information content (AvgIpc) is 3.26. The predicted molar refractivity (Wildman–Crippen MR) is 247 cm³/mol. The number of piperidine rings is 1. The van der Waals surface area contributed by atoms with Crippen LogP contribution in [0.5, 0.6) is 0 Å².